The van der Waals surface area contributed by atoms with Gasteiger partial charge in [-0.25, -0.2) is 4.98 Å². The number of carbonyl (C=O) groups excluding carboxylic acids is 3. The summed E-state index contributed by atoms with van der Waals surface area (Å²) >= 11 is 0. The van der Waals surface area contributed by atoms with E-state index in [9.17, 15) is 24.5 Å². The maximum atomic E-state index is 13.4. The summed E-state index contributed by atoms with van der Waals surface area (Å²) < 4.78 is 14.7. The Morgan fingerprint density at radius 2 is 1.91 bits per heavy atom. The number of primary amides is 2. The number of hydrogen-bond donors (Lipinski definition) is 4. The normalized spacial score (nSPS) is 14.3. The summed E-state index contributed by atoms with van der Waals surface area (Å²) in [6.07, 6.45) is 3.63. The van der Waals surface area contributed by atoms with Crippen LogP contribution in [-0.2, 0) is 17.8 Å². The van der Waals surface area contributed by atoms with Gasteiger partial charge in [0.25, 0.3) is 11.6 Å². The number of fused-ring (bicyclic) bond motifs is 1. The number of imidazole rings is 1. The first kappa shape index (κ1) is 30.7. The lowest BCUT2D eigenvalue weighted by molar-refractivity contribution is -0.384. The second-order valence-electron chi connectivity index (χ2n) is 10.1. The molecule has 0 radical (unpaired) electrons. The molecule has 0 saturated carbocycles. The fraction of sp³-hybridized carbons (Fsp3) is 0.276. The fourth-order valence-corrected chi connectivity index (χ4v) is 4.74. The van der Waals surface area contributed by atoms with E-state index < -0.39 is 28.9 Å². The summed E-state index contributed by atoms with van der Waals surface area (Å²) in [5.41, 5.74) is 12.8. The number of allylic oxidation sites excluding steroid dienone is 1. The molecule has 1 fully saturated rings. The Kier molecular flexibility index (Phi) is 8.76. The minimum absolute atomic E-state index is 0.0197. The van der Waals surface area contributed by atoms with Crippen molar-refractivity contribution >= 4 is 46.1 Å². The van der Waals surface area contributed by atoms with Crippen molar-refractivity contribution in [2.24, 2.45) is 11.5 Å². The van der Waals surface area contributed by atoms with Crippen LogP contribution in [0.15, 0.2) is 48.6 Å². The maximum absolute atomic E-state index is 13.4. The smallest absolute Gasteiger partial charge is 0.293 e. The van der Waals surface area contributed by atoms with E-state index in [2.05, 4.69) is 20.7 Å². The van der Waals surface area contributed by atoms with Crippen LogP contribution in [0.4, 0.5) is 17.3 Å². The third kappa shape index (κ3) is 6.59. The molecule has 2 aromatic carbocycles. The number of carbonyl (C=O) groups is 3. The number of aromatic nitrogens is 4. The highest BCUT2D eigenvalue weighted by molar-refractivity contribution is 6.04. The second-order valence-corrected chi connectivity index (χ2v) is 10.1. The summed E-state index contributed by atoms with van der Waals surface area (Å²) in [6.45, 7) is 5.04. The third-order valence-electron chi connectivity index (χ3n) is 7.01. The molecule has 0 bridgehead atoms. The first-order valence-corrected chi connectivity index (χ1v) is 14.0. The van der Waals surface area contributed by atoms with Crippen molar-refractivity contribution in [1.82, 2.24) is 19.3 Å². The zero-order chi connectivity index (χ0) is 32.2. The number of benzene rings is 2. The monoisotopic (exact) mass is 617 g/mol. The minimum atomic E-state index is -0.774. The number of rotatable bonds is 13. The van der Waals surface area contributed by atoms with E-state index in [0.717, 1.165) is 6.07 Å². The topological polar surface area (TPSA) is 225 Å². The van der Waals surface area contributed by atoms with Crippen LogP contribution in [0.3, 0.4) is 0 Å². The molecule has 6 N–H and O–H groups in total. The van der Waals surface area contributed by atoms with Gasteiger partial charge in [0.2, 0.25) is 24.1 Å². The average molecular weight is 618 g/mol. The number of nitrogens with zero attached hydrogens (tertiary/aromatic N) is 5. The Hall–Kier alpha value is -5.77. The van der Waals surface area contributed by atoms with Gasteiger partial charge < -0.3 is 30.8 Å². The number of anilines is 2. The minimum Gasteiger partial charge on any atom is -0.463 e. The Morgan fingerprint density at radius 1 is 1.16 bits per heavy atom. The van der Waals surface area contributed by atoms with Gasteiger partial charge in [0.1, 0.15) is 22.6 Å². The molecule has 3 amide bonds. The number of nitro benzene ring substituents is 1. The molecule has 0 spiro atoms. The van der Waals surface area contributed by atoms with Crippen molar-refractivity contribution in [3.63, 3.8) is 0 Å². The van der Waals surface area contributed by atoms with E-state index in [4.69, 9.17) is 20.9 Å². The first-order valence-electron chi connectivity index (χ1n) is 14.0. The van der Waals surface area contributed by atoms with Gasteiger partial charge in [0.05, 0.1) is 22.7 Å². The Morgan fingerprint density at radius 3 is 2.56 bits per heavy atom. The summed E-state index contributed by atoms with van der Waals surface area (Å²) in [6, 6.07) is 8.60. The standard InChI is InChI=1S/C29H31N9O7/c1-3-37-22(12-16(2)35-37)28(41)34-29-33-20-13-18(27(31)40)15-23(45-24-8-11-44-24)25(20)36(29)10-5-4-9-32-19-7-6-17(26(30)39)14-21(19)38(42)43/h4-7,12-15,24,32H,3,8-11H2,1-2H3,(H2,30,39)(H2,31,40)(H,33,34,41)/b5-4+. The lowest BCUT2D eigenvalue weighted by atomic mass is 10.1. The van der Waals surface area contributed by atoms with Gasteiger partial charge in [0, 0.05) is 43.2 Å². The molecule has 16 heteroatoms. The molecule has 1 aliphatic rings. The second kappa shape index (κ2) is 12.8. The molecule has 4 aromatic rings. The van der Waals surface area contributed by atoms with Gasteiger partial charge in [-0.15, -0.1) is 0 Å². The van der Waals surface area contributed by atoms with Crippen molar-refractivity contribution in [3.8, 4) is 5.75 Å². The Labute approximate surface area is 256 Å². The largest absolute Gasteiger partial charge is 0.463 e. The highest BCUT2D eigenvalue weighted by Gasteiger charge is 2.25. The van der Waals surface area contributed by atoms with Gasteiger partial charge in [-0.3, -0.25) is 34.5 Å². The lowest BCUT2D eigenvalue weighted by Crippen LogP contribution is -2.32. The Bertz CT molecular complexity index is 1840. The zero-order valence-electron chi connectivity index (χ0n) is 24.5. The van der Waals surface area contributed by atoms with Gasteiger partial charge in [0.15, 0.2) is 0 Å². The van der Waals surface area contributed by atoms with E-state index in [0.29, 0.717) is 47.7 Å². The van der Waals surface area contributed by atoms with Crippen molar-refractivity contribution in [1.29, 1.82) is 0 Å². The quantitative estimate of drug-likeness (QED) is 0.0974. The molecule has 16 nitrogen and oxygen atoms in total. The molecule has 5 rings (SSSR count). The summed E-state index contributed by atoms with van der Waals surface area (Å²) in [7, 11) is 0. The van der Waals surface area contributed by atoms with Crippen LogP contribution in [0.5, 0.6) is 5.75 Å². The van der Waals surface area contributed by atoms with Crippen LogP contribution < -0.4 is 26.8 Å². The highest BCUT2D eigenvalue weighted by atomic mass is 16.7. The molecule has 0 aliphatic carbocycles. The predicted molar refractivity (Wildman–Crippen MR) is 163 cm³/mol. The summed E-state index contributed by atoms with van der Waals surface area (Å²) in [4.78, 5) is 52.4. The van der Waals surface area contributed by atoms with Crippen LogP contribution in [-0.4, -0.2) is 61.4 Å². The van der Waals surface area contributed by atoms with E-state index in [1.54, 1.807) is 34.4 Å². The van der Waals surface area contributed by atoms with E-state index >= 15 is 0 Å². The third-order valence-corrected chi connectivity index (χ3v) is 7.01. The van der Waals surface area contributed by atoms with Crippen molar-refractivity contribution in [2.45, 2.75) is 39.6 Å². The molecule has 3 heterocycles. The molecule has 1 unspecified atom stereocenters. The first-order chi connectivity index (χ1) is 21.5. The van der Waals surface area contributed by atoms with Gasteiger partial charge in [-0.1, -0.05) is 12.2 Å². The molecule has 1 aliphatic heterocycles. The molecule has 1 atom stereocenters. The molecule has 2 aromatic heterocycles. The van der Waals surface area contributed by atoms with Crippen molar-refractivity contribution in [3.05, 3.63) is 81.2 Å². The van der Waals surface area contributed by atoms with E-state index in [1.165, 1.54) is 24.3 Å². The van der Waals surface area contributed by atoms with Crippen LogP contribution in [0.25, 0.3) is 11.0 Å². The predicted octanol–water partition coefficient (Wildman–Crippen LogP) is 2.71. The van der Waals surface area contributed by atoms with Gasteiger partial charge in [-0.05, 0) is 44.2 Å². The maximum Gasteiger partial charge on any atom is 0.293 e. The zero-order valence-corrected chi connectivity index (χ0v) is 24.5. The Balaban J connectivity index is 1.46. The van der Waals surface area contributed by atoms with Crippen LogP contribution in [0.2, 0.25) is 0 Å². The number of nitro groups is 1. The van der Waals surface area contributed by atoms with E-state index in [1.807, 2.05) is 6.92 Å². The van der Waals surface area contributed by atoms with Crippen LogP contribution >= 0.6 is 0 Å². The lowest BCUT2D eigenvalue weighted by Gasteiger charge is -2.27. The summed E-state index contributed by atoms with van der Waals surface area (Å²) in [5.74, 6) is -1.42. The van der Waals surface area contributed by atoms with Gasteiger partial charge in [-0.2, -0.15) is 5.10 Å². The number of amides is 3. The summed E-state index contributed by atoms with van der Waals surface area (Å²) in [5, 5.41) is 21.7. The molecular formula is C29H31N9O7. The number of aryl methyl sites for hydroxylation is 2. The van der Waals surface area contributed by atoms with Crippen LogP contribution in [0, 0.1) is 17.0 Å². The number of nitrogens with two attached hydrogens (primary N) is 2. The molecule has 45 heavy (non-hydrogen) atoms. The fourth-order valence-electron chi connectivity index (χ4n) is 4.74. The van der Waals surface area contributed by atoms with Gasteiger partial charge >= 0.3 is 0 Å². The molecule has 1 saturated heterocycles. The van der Waals surface area contributed by atoms with E-state index in [-0.39, 0.29) is 41.5 Å². The number of ether oxygens (including phenoxy) is 2. The van der Waals surface area contributed by atoms with Crippen LogP contribution in [0.1, 0.15) is 50.2 Å². The highest BCUT2D eigenvalue weighted by Crippen LogP contribution is 2.33. The number of hydrogen-bond acceptors (Lipinski definition) is 10. The SMILES string of the molecule is CCn1nc(C)cc1C(=O)Nc1nc2cc(C(N)=O)cc(OC3CCO3)c2n1C/C=C/CNc1ccc(C(N)=O)cc1[N+](=O)[O-]. The molecule has 234 valence electrons. The molecular weight excluding hydrogens is 586 g/mol. The van der Waals surface area contributed by atoms with Crippen molar-refractivity contribution in [2.75, 3.05) is 23.8 Å². The average Bonchev–Trinajstić information content (AvgIpc) is 3.53. The number of nitrogens with one attached hydrogen (secondary N) is 2. The van der Waals surface area contributed by atoms with Crippen molar-refractivity contribution < 1.29 is 28.8 Å².